The monoisotopic (exact) mass is 454 g/mol. The number of amides is 1. The van der Waals surface area contributed by atoms with E-state index in [1.54, 1.807) is 7.11 Å². The van der Waals surface area contributed by atoms with Crippen LogP contribution in [0, 0.1) is 11.3 Å². The number of methoxy groups -OCH3 is 1. The molecule has 2 aromatic carbocycles. The van der Waals surface area contributed by atoms with Gasteiger partial charge in [0.2, 0.25) is 0 Å². The number of carbonyl (C=O) groups excluding carboxylic acids is 1. The van der Waals surface area contributed by atoms with Crippen molar-refractivity contribution in [3.8, 4) is 16.9 Å². The largest absolute Gasteiger partial charge is 0.497 e. The summed E-state index contributed by atoms with van der Waals surface area (Å²) in [5, 5.41) is 3.86. The summed E-state index contributed by atoms with van der Waals surface area (Å²) in [6.45, 7) is 7.54. The van der Waals surface area contributed by atoms with E-state index in [1.165, 1.54) is 5.56 Å². The summed E-state index contributed by atoms with van der Waals surface area (Å²) in [6.07, 6.45) is 2.87. The molecule has 3 fully saturated rings. The van der Waals surface area contributed by atoms with E-state index in [9.17, 15) is 4.79 Å². The number of nitrogens with one attached hydrogen (secondary N) is 1. The van der Waals surface area contributed by atoms with Gasteiger partial charge in [-0.25, -0.2) is 4.79 Å². The average molecular weight is 455 g/mol. The van der Waals surface area contributed by atoms with Gasteiger partial charge in [0.25, 0.3) is 0 Å². The van der Waals surface area contributed by atoms with Crippen LogP contribution in [-0.2, 0) is 11.2 Å². The number of carbonyl (C=O) groups is 1. The molecular weight excluding hydrogens is 424 g/mol. The van der Waals surface area contributed by atoms with Gasteiger partial charge in [-0.1, -0.05) is 43.6 Å². The number of benzene rings is 2. The standard InChI is InChI=1S/C26H31ClN2O3/c1-26(2)14-18-12-17(20-7-5-19(31-3)13-22(20)27)4-6-21(18)24(26)28-25(30)32-23-15-29-10-8-16(23)9-11-29/h4-7,12-13,16,23-24H,8-11,14-15H2,1-3H3,(H,28,30)/t23-,24?/m0/s1. The van der Waals surface area contributed by atoms with E-state index >= 15 is 0 Å². The number of piperidine rings is 3. The summed E-state index contributed by atoms with van der Waals surface area (Å²) in [7, 11) is 1.64. The Bertz CT molecular complexity index is 1030. The van der Waals surface area contributed by atoms with E-state index in [0.717, 1.165) is 61.3 Å². The minimum absolute atomic E-state index is 0.0149. The number of hydrogen-bond acceptors (Lipinski definition) is 4. The Morgan fingerprint density at radius 2 is 1.94 bits per heavy atom. The molecule has 1 amide bonds. The van der Waals surface area contributed by atoms with E-state index in [0.29, 0.717) is 10.9 Å². The van der Waals surface area contributed by atoms with Gasteiger partial charge in [0.15, 0.2) is 0 Å². The van der Waals surface area contributed by atoms with Crippen molar-refractivity contribution in [2.45, 2.75) is 45.3 Å². The highest BCUT2D eigenvalue weighted by atomic mass is 35.5. The van der Waals surface area contributed by atoms with E-state index in [1.807, 2.05) is 18.2 Å². The molecule has 0 aromatic heterocycles. The van der Waals surface area contributed by atoms with Crippen LogP contribution in [0.3, 0.4) is 0 Å². The highest BCUT2D eigenvalue weighted by Gasteiger charge is 2.42. The van der Waals surface area contributed by atoms with Crippen molar-refractivity contribution in [1.82, 2.24) is 10.2 Å². The van der Waals surface area contributed by atoms with Crippen molar-refractivity contribution in [1.29, 1.82) is 0 Å². The Hall–Kier alpha value is -2.24. The Balaban J connectivity index is 1.34. The number of halogens is 1. The van der Waals surface area contributed by atoms with Gasteiger partial charge in [-0.05, 0) is 78.6 Å². The first-order chi connectivity index (χ1) is 15.3. The molecule has 0 saturated carbocycles. The molecule has 3 saturated heterocycles. The maximum absolute atomic E-state index is 12.9. The SMILES string of the molecule is COc1ccc(-c2ccc3c(c2)CC(C)(C)C3NC(=O)O[C@H]2CN3CCC2CC3)c(Cl)c1. The van der Waals surface area contributed by atoms with Gasteiger partial charge < -0.3 is 14.8 Å². The number of nitrogens with zero attached hydrogens (tertiary/aromatic N) is 1. The molecule has 2 atom stereocenters. The smallest absolute Gasteiger partial charge is 0.407 e. The number of rotatable bonds is 4. The molecule has 2 aromatic rings. The molecular formula is C26H31ClN2O3. The quantitative estimate of drug-likeness (QED) is 0.666. The number of alkyl carbamates (subject to hydrolysis) is 1. The molecule has 4 aliphatic rings. The van der Waals surface area contributed by atoms with Crippen LogP contribution in [0.4, 0.5) is 4.79 Å². The van der Waals surface area contributed by atoms with Gasteiger partial charge in [-0.3, -0.25) is 4.90 Å². The first-order valence-electron chi connectivity index (χ1n) is 11.5. The van der Waals surface area contributed by atoms with Gasteiger partial charge in [0, 0.05) is 12.1 Å². The lowest BCUT2D eigenvalue weighted by atomic mass is 9.85. The molecule has 170 valence electrons. The molecule has 0 spiro atoms. The Labute approximate surface area is 195 Å². The van der Waals surface area contributed by atoms with Crippen LogP contribution in [0.15, 0.2) is 36.4 Å². The van der Waals surface area contributed by atoms with Crippen LogP contribution in [0.5, 0.6) is 5.75 Å². The second-order valence-electron chi connectivity index (χ2n) is 10.1. The molecule has 1 unspecified atom stereocenters. The minimum atomic E-state index is -0.294. The average Bonchev–Trinajstić information content (AvgIpc) is 3.03. The Kier molecular flexibility index (Phi) is 5.58. The zero-order valence-electron chi connectivity index (χ0n) is 19.0. The van der Waals surface area contributed by atoms with Crippen molar-refractivity contribution < 1.29 is 14.3 Å². The fraction of sp³-hybridized carbons (Fsp3) is 0.500. The van der Waals surface area contributed by atoms with Gasteiger partial charge in [0.1, 0.15) is 11.9 Å². The molecule has 6 rings (SSSR count). The zero-order chi connectivity index (χ0) is 22.5. The Morgan fingerprint density at radius 3 is 2.59 bits per heavy atom. The molecule has 6 heteroatoms. The van der Waals surface area contributed by atoms with E-state index in [4.69, 9.17) is 21.1 Å². The molecule has 2 bridgehead atoms. The van der Waals surface area contributed by atoms with Crippen molar-refractivity contribution in [2.24, 2.45) is 11.3 Å². The summed E-state index contributed by atoms with van der Waals surface area (Å²) in [4.78, 5) is 15.3. The van der Waals surface area contributed by atoms with Gasteiger partial charge in [0.05, 0.1) is 18.2 Å². The number of hydrogen-bond donors (Lipinski definition) is 1. The van der Waals surface area contributed by atoms with Crippen molar-refractivity contribution in [2.75, 3.05) is 26.7 Å². The molecule has 3 heterocycles. The summed E-state index contributed by atoms with van der Waals surface area (Å²) in [5.74, 6) is 1.25. The van der Waals surface area contributed by atoms with Crippen molar-refractivity contribution in [3.63, 3.8) is 0 Å². The van der Waals surface area contributed by atoms with E-state index in [2.05, 4.69) is 42.3 Å². The van der Waals surface area contributed by atoms with Crippen LogP contribution in [-0.4, -0.2) is 43.8 Å². The van der Waals surface area contributed by atoms with Crippen LogP contribution >= 0.6 is 11.6 Å². The lowest BCUT2D eigenvalue weighted by molar-refractivity contribution is -0.0348. The number of ether oxygens (including phenoxy) is 2. The lowest BCUT2D eigenvalue weighted by Crippen LogP contribution is -2.53. The predicted octanol–water partition coefficient (Wildman–Crippen LogP) is 5.46. The first-order valence-corrected chi connectivity index (χ1v) is 11.9. The molecule has 1 N–H and O–H groups in total. The lowest BCUT2D eigenvalue weighted by Gasteiger charge is -2.44. The maximum atomic E-state index is 12.9. The maximum Gasteiger partial charge on any atom is 0.407 e. The van der Waals surface area contributed by atoms with Gasteiger partial charge in [-0.15, -0.1) is 0 Å². The molecule has 0 radical (unpaired) electrons. The van der Waals surface area contributed by atoms with Crippen LogP contribution in [0.2, 0.25) is 5.02 Å². The number of fused-ring (bicyclic) bond motifs is 4. The van der Waals surface area contributed by atoms with Crippen molar-refractivity contribution >= 4 is 17.7 Å². The summed E-state index contributed by atoms with van der Waals surface area (Å²) < 4.78 is 11.2. The van der Waals surface area contributed by atoms with Gasteiger partial charge in [-0.2, -0.15) is 0 Å². The second-order valence-corrected chi connectivity index (χ2v) is 10.5. The zero-order valence-corrected chi connectivity index (χ0v) is 19.7. The fourth-order valence-corrected chi connectivity index (χ4v) is 5.97. The highest BCUT2D eigenvalue weighted by molar-refractivity contribution is 6.33. The predicted molar refractivity (Wildman–Crippen MR) is 126 cm³/mol. The minimum Gasteiger partial charge on any atom is -0.497 e. The third-order valence-electron chi connectivity index (χ3n) is 7.49. The molecule has 1 aliphatic carbocycles. The summed E-state index contributed by atoms with van der Waals surface area (Å²) >= 11 is 6.51. The van der Waals surface area contributed by atoms with Crippen LogP contribution < -0.4 is 10.1 Å². The first kappa shape index (κ1) is 21.6. The van der Waals surface area contributed by atoms with Crippen LogP contribution in [0.25, 0.3) is 11.1 Å². The van der Waals surface area contributed by atoms with Crippen molar-refractivity contribution in [3.05, 3.63) is 52.5 Å². The van der Waals surface area contributed by atoms with E-state index in [-0.39, 0.29) is 23.7 Å². The van der Waals surface area contributed by atoms with E-state index < -0.39 is 0 Å². The molecule has 32 heavy (non-hydrogen) atoms. The Morgan fingerprint density at radius 1 is 1.16 bits per heavy atom. The normalized spacial score (nSPS) is 27.6. The molecule has 3 aliphatic heterocycles. The second kappa shape index (κ2) is 8.27. The summed E-state index contributed by atoms with van der Waals surface area (Å²) in [6, 6.07) is 12.1. The van der Waals surface area contributed by atoms with Gasteiger partial charge >= 0.3 is 6.09 Å². The highest BCUT2D eigenvalue weighted by Crippen LogP contribution is 2.47. The third kappa shape index (κ3) is 3.97. The molecule has 5 nitrogen and oxygen atoms in total. The topological polar surface area (TPSA) is 50.8 Å². The fourth-order valence-electron chi connectivity index (χ4n) is 5.69. The van der Waals surface area contributed by atoms with Crippen LogP contribution in [0.1, 0.15) is 43.9 Å². The summed E-state index contributed by atoms with van der Waals surface area (Å²) in [5.41, 5.74) is 4.36. The third-order valence-corrected chi connectivity index (χ3v) is 7.80.